The molecule has 0 saturated carbocycles. The number of carbonyl (C=O) groups excluding carboxylic acids is 2. The van der Waals surface area contributed by atoms with E-state index in [-0.39, 0.29) is 24.1 Å². The summed E-state index contributed by atoms with van der Waals surface area (Å²) in [4.78, 5) is 26.0. The summed E-state index contributed by atoms with van der Waals surface area (Å²) in [5.74, 6) is 0.309. The van der Waals surface area contributed by atoms with Crippen LogP contribution in [0.2, 0.25) is 0 Å². The third-order valence-electron chi connectivity index (χ3n) is 4.25. The highest BCUT2D eigenvalue weighted by Gasteiger charge is 2.41. The molecule has 2 unspecified atom stereocenters. The van der Waals surface area contributed by atoms with Gasteiger partial charge in [-0.2, -0.15) is 0 Å². The second kappa shape index (κ2) is 7.95. The van der Waals surface area contributed by atoms with Crippen molar-refractivity contribution in [2.24, 2.45) is 11.8 Å². The first kappa shape index (κ1) is 18.0. The average molecular weight is 323 g/mol. The van der Waals surface area contributed by atoms with Crippen LogP contribution in [0.4, 0.5) is 0 Å². The van der Waals surface area contributed by atoms with E-state index >= 15 is 0 Å². The van der Waals surface area contributed by atoms with E-state index in [0.717, 1.165) is 25.1 Å². The molecule has 0 aliphatic carbocycles. The van der Waals surface area contributed by atoms with E-state index in [4.69, 9.17) is 9.47 Å². The van der Waals surface area contributed by atoms with Gasteiger partial charge in [0, 0.05) is 25.9 Å². The van der Waals surface area contributed by atoms with Gasteiger partial charge in [-0.25, -0.2) is 0 Å². The quantitative estimate of drug-likeness (QED) is 0.532. The van der Waals surface area contributed by atoms with Crippen LogP contribution in [0.25, 0.3) is 0 Å². The molecule has 5 heteroatoms. The van der Waals surface area contributed by atoms with Crippen LogP contribution < -0.4 is 0 Å². The van der Waals surface area contributed by atoms with Gasteiger partial charge >= 0.3 is 11.9 Å². The second-order valence-corrected chi connectivity index (χ2v) is 7.39. The molecule has 0 amide bonds. The third-order valence-corrected chi connectivity index (χ3v) is 4.25. The van der Waals surface area contributed by atoms with Gasteiger partial charge in [0.1, 0.15) is 12.7 Å². The molecule has 0 radical (unpaired) electrons. The Morgan fingerprint density at radius 3 is 2.48 bits per heavy atom. The molecule has 2 heterocycles. The minimum atomic E-state index is -0.161. The largest absolute Gasteiger partial charge is 0.461 e. The van der Waals surface area contributed by atoms with Gasteiger partial charge in [0.25, 0.3) is 0 Å². The molecule has 0 aromatic heterocycles. The van der Waals surface area contributed by atoms with Crippen LogP contribution in [0, 0.1) is 11.8 Å². The number of nitrogens with zero attached hydrogens (tertiary/aromatic N) is 1. The summed E-state index contributed by atoms with van der Waals surface area (Å²) in [5, 5.41) is 0. The lowest BCUT2D eigenvalue weighted by Crippen LogP contribution is -2.36. The van der Waals surface area contributed by atoms with E-state index in [1.165, 1.54) is 0 Å². The summed E-state index contributed by atoms with van der Waals surface area (Å²) in [5.41, 5.74) is 1.07. The summed E-state index contributed by atoms with van der Waals surface area (Å²) >= 11 is 0. The van der Waals surface area contributed by atoms with E-state index in [1.54, 1.807) is 0 Å². The van der Waals surface area contributed by atoms with Crippen LogP contribution in [0.5, 0.6) is 0 Å². The maximum absolute atomic E-state index is 11.9. The second-order valence-electron chi connectivity index (χ2n) is 7.39. The minimum absolute atomic E-state index is 0.0814. The normalized spacial score (nSPS) is 24.0. The van der Waals surface area contributed by atoms with Crippen LogP contribution in [-0.2, 0) is 19.1 Å². The molecule has 2 aliphatic rings. The first-order valence-corrected chi connectivity index (χ1v) is 8.65. The summed E-state index contributed by atoms with van der Waals surface area (Å²) in [7, 11) is 0. The monoisotopic (exact) mass is 323 g/mol. The lowest BCUT2D eigenvalue weighted by Gasteiger charge is -2.24. The average Bonchev–Trinajstić information content (AvgIpc) is 2.98. The van der Waals surface area contributed by atoms with Crippen LogP contribution in [0.3, 0.4) is 0 Å². The number of carbonyl (C=O) groups is 2. The van der Waals surface area contributed by atoms with Crippen molar-refractivity contribution in [1.82, 2.24) is 4.90 Å². The van der Waals surface area contributed by atoms with Gasteiger partial charge in [0.05, 0.1) is 6.04 Å². The molecule has 2 atom stereocenters. The summed E-state index contributed by atoms with van der Waals surface area (Å²) in [6, 6.07) is 0.0814. The van der Waals surface area contributed by atoms with E-state index in [0.29, 0.717) is 31.3 Å². The highest BCUT2D eigenvalue weighted by molar-refractivity contribution is 5.70. The number of ether oxygens (including phenoxy) is 2. The first-order valence-electron chi connectivity index (χ1n) is 8.65. The Kier molecular flexibility index (Phi) is 6.22. The smallest absolute Gasteiger partial charge is 0.306 e. The predicted molar refractivity (Wildman–Crippen MR) is 87.8 cm³/mol. The van der Waals surface area contributed by atoms with Crippen molar-refractivity contribution in [3.63, 3.8) is 0 Å². The topological polar surface area (TPSA) is 55.8 Å². The molecule has 5 nitrogen and oxygen atoms in total. The van der Waals surface area contributed by atoms with Crippen molar-refractivity contribution in [2.45, 2.75) is 59.1 Å². The Labute approximate surface area is 139 Å². The number of fused-ring (bicyclic) bond motifs is 1. The molecule has 0 spiro atoms. The maximum atomic E-state index is 11.9. The van der Waals surface area contributed by atoms with Crippen molar-refractivity contribution in [2.75, 3.05) is 19.7 Å². The van der Waals surface area contributed by atoms with Crippen molar-refractivity contribution in [1.29, 1.82) is 0 Å². The van der Waals surface area contributed by atoms with Crippen molar-refractivity contribution >= 4 is 11.9 Å². The van der Waals surface area contributed by atoms with Gasteiger partial charge in [-0.15, -0.1) is 0 Å². The van der Waals surface area contributed by atoms with E-state index < -0.39 is 0 Å². The van der Waals surface area contributed by atoms with Gasteiger partial charge in [-0.3, -0.25) is 14.5 Å². The zero-order chi connectivity index (χ0) is 17.0. The molecule has 23 heavy (non-hydrogen) atoms. The lowest BCUT2D eigenvalue weighted by atomic mass is 10.0. The van der Waals surface area contributed by atoms with Crippen molar-refractivity contribution in [3.8, 4) is 0 Å². The standard InChI is InChI=1S/C18H29NO4/c1-12(2)9-16(20)22-11-14-5-7-19-8-6-15(18(14)19)23-17(21)10-13(3)4/h5,12-13,15,18H,6-11H2,1-4H3. The van der Waals surface area contributed by atoms with Crippen molar-refractivity contribution < 1.29 is 19.1 Å². The SMILES string of the molecule is CC(C)CC(=O)OCC1=CCN2CCC(OC(=O)CC(C)C)C12. The molecule has 0 aromatic carbocycles. The molecular weight excluding hydrogens is 294 g/mol. The highest BCUT2D eigenvalue weighted by Crippen LogP contribution is 2.31. The molecule has 2 aliphatic heterocycles. The molecular formula is C18H29NO4. The lowest BCUT2D eigenvalue weighted by molar-refractivity contribution is -0.151. The zero-order valence-electron chi connectivity index (χ0n) is 14.7. The fourth-order valence-corrected chi connectivity index (χ4v) is 3.23. The molecule has 0 N–H and O–H groups in total. The van der Waals surface area contributed by atoms with Gasteiger partial charge < -0.3 is 9.47 Å². The summed E-state index contributed by atoms with van der Waals surface area (Å²) in [6.45, 7) is 10.1. The summed E-state index contributed by atoms with van der Waals surface area (Å²) in [6.07, 6.45) is 3.74. The number of esters is 2. The Hall–Kier alpha value is -1.36. The van der Waals surface area contributed by atoms with Gasteiger partial charge in [0.15, 0.2) is 0 Å². The predicted octanol–water partition coefficient (Wildman–Crippen LogP) is 2.55. The van der Waals surface area contributed by atoms with Crippen molar-refractivity contribution in [3.05, 3.63) is 11.6 Å². The van der Waals surface area contributed by atoms with Crippen LogP contribution in [0.15, 0.2) is 11.6 Å². The van der Waals surface area contributed by atoms with Gasteiger partial charge in [-0.05, 0) is 23.8 Å². The van der Waals surface area contributed by atoms with Gasteiger partial charge in [-0.1, -0.05) is 33.8 Å². The molecule has 2 rings (SSSR count). The van der Waals surface area contributed by atoms with Crippen LogP contribution in [-0.4, -0.2) is 48.7 Å². The van der Waals surface area contributed by atoms with Crippen LogP contribution in [0.1, 0.15) is 47.0 Å². The van der Waals surface area contributed by atoms with E-state index in [2.05, 4.69) is 11.0 Å². The fourth-order valence-electron chi connectivity index (χ4n) is 3.23. The molecule has 0 bridgehead atoms. The third kappa shape index (κ3) is 5.06. The Balaban J connectivity index is 1.87. The fraction of sp³-hybridized carbons (Fsp3) is 0.778. The molecule has 0 aromatic rings. The van der Waals surface area contributed by atoms with Crippen LogP contribution >= 0.6 is 0 Å². The zero-order valence-corrected chi connectivity index (χ0v) is 14.7. The first-order chi connectivity index (χ1) is 10.9. The Bertz CT molecular complexity index is 470. The van der Waals surface area contributed by atoms with E-state index in [1.807, 2.05) is 27.7 Å². The highest BCUT2D eigenvalue weighted by atomic mass is 16.5. The molecule has 1 saturated heterocycles. The maximum Gasteiger partial charge on any atom is 0.306 e. The number of hydrogen-bond acceptors (Lipinski definition) is 5. The Morgan fingerprint density at radius 1 is 1.17 bits per heavy atom. The van der Waals surface area contributed by atoms with E-state index in [9.17, 15) is 9.59 Å². The minimum Gasteiger partial charge on any atom is -0.461 e. The Morgan fingerprint density at radius 2 is 1.83 bits per heavy atom. The molecule has 130 valence electrons. The number of hydrogen-bond donors (Lipinski definition) is 0. The summed E-state index contributed by atoms with van der Waals surface area (Å²) < 4.78 is 11.1. The van der Waals surface area contributed by atoms with Gasteiger partial charge in [0.2, 0.25) is 0 Å². The molecule has 1 fully saturated rings. The number of rotatable bonds is 7.